The van der Waals surface area contributed by atoms with Crippen LogP contribution in [0.25, 0.3) is 0 Å². The van der Waals surface area contributed by atoms with E-state index in [1.807, 2.05) is 13.8 Å². The molecule has 1 atom stereocenters. The molecule has 58 valence electrons. The van der Waals surface area contributed by atoms with Crippen molar-refractivity contribution < 1.29 is 4.52 Å². The van der Waals surface area contributed by atoms with Crippen LogP contribution in [0.2, 0.25) is 0 Å². The number of hydrogen-bond donors (Lipinski definition) is 0. The quantitative estimate of drug-likeness (QED) is 0.348. The van der Waals surface area contributed by atoms with Crippen molar-refractivity contribution in [2.45, 2.75) is 13.8 Å². The van der Waals surface area contributed by atoms with Gasteiger partial charge in [-0.3, -0.25) is 0 Å². The van der Waals surface area contributed by atoms with Gasteiger partial charge in [0, 0.05) is 0 Å². The Hall–Kier alpha value is -0.550. The molecule has 1 nitrogen and oxygen atoms in total. The SMILES string of the molecule is C=C/C=C\C(=C)OP.CC. The molecule has 0 bridgehead atoms. The second-order valence-corrected chi connectivity index (χ2v) is 1.41. The third-order valence-corrected chi connectivity index (χ3v) is 0.872. The summed E-state index contributed by atoms with van der Waals surface area (Å²) in [6.07, 6.45) is 5.14. The van der Waals surface area contributed by atoms with Crippen molar-refractivity contribution >= 4 is 9.47 Å². The molecule has 0 aliphatic rings. The van der Waals surface area contributed by atoms with E-state index in [0.29, 0.717) is 5.76 Å². The van der Waals surface area contributed by atoms with Crippen molar-refractivity contribution in [3.8, 4) is 0 Å². The van der Waals surface area contributed by atoms with Crippen LogP contribution < -0.4 is 0 Å². The Morgan fingerprint density at radius 2 is 2.00 bits per heavy atom. The monoisotopic (exact) mass is 158 g/mol. The minimum atomic E-state index is 0.606. The van der Waals surface area contributed by atoms with Crippen molar-refractivity contribution in [3.63, 3.8) is 0 Å². The first-order valence-corrected chi connectivity index (χ1v) is 3.63. The van der Waals surface area contributed by atoms with Gasteiger partial charge in [0.25, 0.3) is 0 Å². The maximum Gasteiger partial charge on any atom is 0.115 e. The Balaban J connectivity index is 0. The smallest absolute Gasteiger partial charge is 0.115 e. The highest BCUT2D eigenvalue weighted by atomic mass is 31.0. The Morgan fingerprint density at radius 3 is 2.30 bits per heavy atom. The molecule has 0 aliphatic carbocycles. The third-order valence-electron chi connectivity index (χ3n) is 0.570. The Kier molecular flexibility index (Phi) is 13.7. The van der Waals surface area contributed by atoms with Crippen LogP contribution in [0.3, 0.4) is 0 Å². The maximum absolute atomic E-state index is 4.64. The summed E-state index contributed by atoms with van der Waals surface area (Å²) >= 11 is 0. The van der Waals surface area contributed by atoms with Crippen molar-refractivity contribution in [1.29, 1.82) is 0 Å². The van der Waals surface area contributed by atoms with E-state index in [4.69, 9.17) is 0 Å². The molecular weight excluding hydrogens is 143 g/mol. The van der Waals surface area contributed by atoms with Gasteiger partial charge in [0.2, 0.25) is 0 Å². The van der Waals surface area contributed by atoms with Gasteiger partial charge < -0.3 is 4.52 Å². The fourth-order valence-corrected chi connectivity index (χ4v) is 0.293. The van der Waals surface area contributed by atoms with E-state index >= 15 is 0 Å². The van der Waals surface area contributed by atoms with E-state index in [0.717, 1.165) is 0 Å². The first-order chi connectivity index (χ1) is 4.81. The van der Waals surface area contributed by atoms with Crippen LogP contribution in [0.4, 0.5) is 0 Å². The summed E-state index contributed by atoms with van der Waals surface area (Å²) in [6, 6.07) is 0. The molecule has 0 radical (unpaired) electrons. The van der Waals surface area contributed by atoms with Gasteiger partial charge >= 0.3 is 0 Å². The summed E-state index contributed by atoms with van der Waals surface area (Å²) in [6.45, 7) is 11.0. The van der Waals surface area contributed by atoms with E-state index < -0.39 is 0 Å². The fourth-order valence-electron chi connectivity index (χ4n) is 0.215. The molecule has 0 rings (SSSR count). The van der Waals surface area contributed by atoms with Crippen LogP contribution in [0.1, 0.15) is 13.8 Å². The molecule has 10 heavy (non-hydrogen) atoms. The zero-order valence-corrected chi connectivity index (χ0v) is 7.79. The highest BCUT2D eigenvalue weighted by Crippen LogP contribution is 1.99. The zero-order valence-electron chi connectivity index (χ0n) is 6.63. The molecule has 0 amide bonds. The number of rotatable bonds is 3. The van der Waals surface area contributed by atoms with Gasteiger partial charge in [-0.05, 0) is 6.08 Å². The first kappa shape index (κ1) is 12.2. The molecule has 0 saturated heterocycles. The van der Waals surface area contributed by atoms with Crippen LogP contribution in [-0.4, -0.2) is 0 Å². The van der Waals surface area contributed by atoms with Crippen molar-refractivity contribution in [3.05, 3.63) is 37.1 Å². The van der Waals surface area contributed by atoms with Gasteiger partial charge in [-0.2, -0.15) is 0 Å². The lowest BCUT2D eigenvalue weighted by molar-refractivity contribution is 0.524. The normalized spacial score (nSPS) is 7.90. The van der Waals surface area contributed by atoms with Crippen LogP contribution in [0.15, 0.2) is 37.1 Å². The molecule has 0 aromatic rings. The zero-order chi connectivity index (χ0) is 8.41. The van der Waals surface area contributed by atoms with Crippen LogP contribution in [0.5, 0.6) is 0 Å². The predicted molar refractivity (Wildman–Crippen MR) is 50.6 cm³/mol. The number of allylic oxidation sites excluding steroid dienone is 3. The van der Waals surface area contributed by atoms with E-state index in [1.165, 1.54) is 0 Å². The average molecular weight is 158 g/mol. The first-order valence-electron chi connectivity index (χ1n) is 3.16. The molecule has 2 heteroatoms. The lowest BCUT2D eigenvalue weighted by Crippen LogP contribution is -1.67. The summed E-state index contributed by atoms with van der Waals surface area (Å²) < 4.78 is 4.64. The van der Waals surface area contributed by atoms with E-state index in [2.05, 4.69) is 27.1 Å². The van der Waals surface area contributed by atoms with Gasteiger partial charge in [-0.15, -0.1) is 0 Å². The Morgan fingerprint density at radius 1 is 1.50 bits per heavy atom. The maximum atomic E-state index is 4.64. The Labute approximate surface area is 65.8 Å². The largest absolute Gasteiger partial charge is 0.481 e. The highest BCUT2D eigenvalue weighted by molar-refractivity contribution is 7.10. The van der Waals surface area contributed by atoms with Crippen molar-refractivity contribution in [1.82, 2.24) is 0 Å². The molecule has 0 saturated carbocycles. The molecule has 0 aromatic carbocycles. The topological polar surface area (TPSA) is 9.23 Å². The molecule has 0 heterocycles. The lowest BCUT2D eigenvalue weighted by atomic mass is 10.4. The summed E-state index contributed by atoms with van der Waals surface area (Å²) in [4.78, 5) is 0. The average Bonchev–Trinajstić information content (AvgIpc) is 2.04. The summed E-state index contributed by atoms with van der Waals surface area (Å²) in [5.41, 5.74) is 0. The van der Waals surface area contributed by atoms with Crippen molar-refractivity contribution in [2.75, 3.05) is 0 Å². The van der Waals surface area contributed by atoms with E-state index in [9.17, 15) is 0 Å². The predicted octanol–water partition coefficient (Wildman–Crippen LogP) is 3.08. The molecule has 0 aliphatic heterocycles. The van der Waals surface area contributed by atoms with Gasteiger partial charge in [0.05, 0.1) is 9.47 Å². The highest BCUT2D eigenvalue weighted by Gasteiger charge is 1.75. The second-order valence-electron chi connectivity index (χ2n) is 1.18. The molecule has 0 fully saturated rings. The van der Waals surface area contributed by atoms with Gasteiger partial charge in [0.15, 0.2) is 0 Å². The van der Waals surface area contributed by atoms with Gasteiger partial charge in [0.1, 0.15) is 5.76 Å². The molecule has 0 aromatic heterocycles. The Bertz CT molecular complexity index is 116. The summed E-state index contributed by atoms with van der Waals surface area (Å²) in [5, 5.41) is 0. The van der Waals surface area contributed by atoms with Crippen LogP contribution in [-0.2, 0) is 4.52 Å². The molecule has 0 N–H and O–H groups in total. The standard InChI is InChI=1S/C6H9OP.C2H6/c1-3-4-5-6(2)7-8;1-2/h3-5H,1-2,8H2;1-2H3/b5-4-;. The van der Waals surface area contributed by atoms with Gasteiger partial charge in [-0.1, -0.05) is 39.2 Å². The lowest BCUT2D eigenvalue weighted by Gasteiger charge is -1.91. The molecule has 1 unspecified atom stereocenters. The molecular formula is C8H15OP. The minimum Gasteiger partial charge on any atom is -0.481 e. The van der Waals surface area contributed by atoms with Crippen LogP contribution in [0, 0.1) is 0 Å². The third kappa shape index (κ3) is 10.4. The van der Waals surface area contributed by atoms with E-state index in [1.54, 1.807) is 18.2 Å². The summed E-state index contributed by atoms with van der Waals surface area (Å²) in [5.74, 6) is 0.606. The minimum absolute atomic E-state index is 0.606. The van der Waals surface area contributed by atoms with Crippen LogP contribution >= 0.6 is 9.47 Å². The second kappa shape index (κ2) is 11.3. The molecule has 0 spiro atoms. The van der Waals surface area contributed by atoms with Crippen molar-refractivity contribution in [2.24, 2.45) is 0 Å². The van der Waals surface area contributed by atoms with E-state index in [-0.39, 0.29) is 0 Å². The van der Waals surface area contributed by atoms with Gasteiger partial charge in [-0.25, -0.2) is 0 Å². The fraction of sp³-hybridized carbons (Fsp3) is 0.250. The summed E-state index contributed by atoms with van der Waals surface area (Å²) in [7, 11) is 2.10. The number of hydrogen-bond acceptors (Lipinski definition) is 1.